The minimum Gasteiger partial charge on any atom is -0.776 e. The Morgan fingerprint density at radius 3 is 1.88 bits per heavy atom. The lowest BCUT2D eigenvalue weighted by molar-refractivity contribution is -0.0391. The van der Waals surface area contributed by atoms with Gasteiger partial charge in [0.15, 0.2) is 11.0 Å². The van der Waals surface area contributed by atoms with Crippen LogP contribution in [-0.2, 0) is 11.0 Å². The molecule has 50 valence electrons. The number of nitrogens with one attached hydrogen (secondary N) is 1. The van der Waals surface area contributed by atoms with Crippen molar-refractivity contribution in [1.29, 1.82) is 0 Å². The molecule has 0 aliphatic carbocycles. The Bertz CT molecular complexity index is 99.9. The summed E-state index contributed by atoms with van der Waals surface area (Å²) < 4.78 is 42.1. The highest BCUT2D eigenvalue weighted by Gasteiger charge is 2.34. The summed E-state index contributed by atoms with van der Waals surface area (Å²) in [4.78, 5) is 0.302. The average molecular weight is 148 g/mol. The molecule has 0 saturated heterocycles. The third-order valence-corrected chi connectivity index (χ3v) is 0.858. The van der Waals surface area contributed by atoms with E-state index in [1.54, 1.807) is 0 Å². The zero-order valence-electron chi connectivity index (χ0n) is 3.36. The fourth-order valence-electron chi connectivity index (χ4n) is 0.0472. The topological polar surface area (TPSA) is 52.2 Å². The number of halogens is 3. The molecule has 0 aromatic rings. The van der Waals surface area contributed by atoms with Crippen molar-refractivity contribution >= 4 is 11.0 Å². The molecule has 1 atom stereocenters. The van der Waals surface area contributed by atoms with Crippen LogP contribution in [0.5, 0.6) is 0 Å². The van der Waals surface area contributed by atoms with Gasteiger partial charge in [0.25, 0.3) is 0 Å². The van der Waals surface area contributed by atoms with Crippen LogP contribution in [0.25, 0.3) is 0 Å². The van der Waals surface area contributed by atoms with Gasteiger partial charge in [-0.05, 0) is 0 Å². The molecule has 0 radical (unpaired) electrons. The van der Waals surface area contributed by atoms with E-state index >= 15 is 0 Å². The third kappa shape index (κ3) is 2.24. The Labute approximate surface area is 45.0 Å². The molecule has 0 amide bonds. The summed E-state index contributed by atoms with van der Waals surface area (Å²) in [6.45, 7) is 0. The molecule has 0 heterocycles. The van der Waals surface area contributed by atoms with Gasteiger partial charge in [0.05, 0.1) is 0 Å². The highest BCUT2D eigenvalue weighted by Crippen LogP contribution is 2.17. The minimum atomic E-state index is -4.94. The maximum Gasteiger partial charge on any atom is 0.484 e. The molecule has 7 heteroatoms. The molecular weight excluding hydrogens is 147 g/mol. The lowest BCUT2D eigenvalue weighted by Gasteiger charge is -2.08. The zero-order chi connectivity index (χ0) is 6.78. The van der Waals surface area contributed by atoms with E-state index in [9.17, 15) is 17.4 Å². The number of hydrogen-bond donors (Lipinski definition) is 1. The second-order valence-electron chi connectivity index (χ2n) is 0.798. The van der Waals surface area contributed by atoms with Gasteiger partial charge in [0, 0.05) is 0 Å². The molecule has 3 nitrogen and oxygen atoms in total. The van der Waals surface area contributed by atoms with Crippen LogP contribution in [0.1, 0.15) is 0 Å². The van der Waals surface area contributed by atoms with Crippen molar-refractivity contribution in [3.8, 4) is 0 Å². The van der Waals surface area contributed by atoms with Crippen molar-refractivity contribution in [3.63, 3.8) is 0 Å². The van der Waals surface area contributed by atoms with Gasteiger partial charge in [-0.15, -0.1) is 0 Å². The Hall–Kier alpha value is -0.140. The van der Waals surface area contributed by atoms with Gasteiger partial charge in [-0.1, -0.05) is 0 Å². The van der Waals surface area contributed by atoms with Crippen LogP contribution in [0.3, 0.4) is 0 Å². The predicted molar refractivity (Wildman–Crippen MR) is 20.7 cm³/mol. The van der Waals surface area contributed by atoms with Crippen molar-refractivity contribution in [1.82, 2.24) is 4.89 Å². The minimum absolute atomic E-state index is 0.302. The summed E-state index contributed by atoms with van der Waals surface area (Å²) in [6.07, 6.45) is 0. The number of alkyl halides is 3. The first kappa shape index (κ1) is 7.86. The van der Waals surface area contributed by atoms with Gasteiger partial charge in [-0.2, -0.15) is 13.2 Å². The summed E-state index contributed by atoms with van der Waals surface area (Å²) in [5.74, 6) is 0. The van der Waals surface area contributed by atoms with Gasteiger partial charge in [-0.25, -0.2) is 4.21 Å². The van der Waals surface area contributed by atoms with Crippen LogP contribution in [0.2, 0.25) is 0 Å². The summed E-state index contributed by atoms with van der Waals surface area (Å²) in [5, 5.41) is 9.01. The maximum atomic E-state index is 10.9. The summed E-state index contributed by atoms with van der Waals surface area (Å²) in [6, 6.07) is 0. The number of hydrogen-bond acceptors (Lipinski definition) is 2. The second kappa shape index (κ2) is 2.42. The Morgan fingerprint density at radius 1 is 1.50 bits per heavy atom. The second-order valence-corrected chi connectivity index (χ2v) is 1.96. The highest BCUT2D eigenvalue weighted by atomic mass is 32.2. The van der Waals surface area contributed by atoms with Gasteiger partial charge in [-0.3, -0.25) is 0 Å². The maximum absolute atomic E-state index is 10.9. The monoisotopic (exact) mass is 148 g/mol. The van der Waals surface area contributed by atoms with Crippen molar-refractivity contribution in [3.05, 3.63) is 5.21 Å². The largest absolute Gasteiger partial charge is 0.776 e. The Morgan fingerprint density at radius 2 is 1.88 bits per heavy atom. The molecule has 0 saturated carbocycles. The van der Waals surface area contributed by atoms with Gasteiger partial charge < -0.3 is 10.1 Å². The SMILES string of the molecule is O=S(N[O-])C(F)(F)F. The molecule has 0 aromatic carbocycles. The molecule has 0 aliphatic heterocycles. The quantitative estimate of drug-likeness (QED) is 0.542. The molecule has 0 bridgehead atoms. The predicted octanol–water partition coefficient (Wildman–Crippen LogP) is 0.257. The van der Waals surface area contributed by atoms with E-state index in [-0.39, 0.29) is 0 Å². The van der Waals surface area contributed by atoms with Crippen molar-refractivity contribution < 1.29 is 17.4 Å². The summed E-state index contributed by atoms with van der Waals surface area (Å²) in [5.41, 5.74) is -4.94. The first-order chi connectivity index (χ1) is 3.48. The number of rotatable bonds is 1. The van der Waals surface area contributed by atoms with Crippen LogP contribution in [-0.4, -0.2) is 9.72 Å². The van der Waals surface area contributed by atoms with Crippen LogP contribution in [0.4, 0.5) is 13.2 Å². The Balaban J connectivity index is 3.82. The van der Waals surface area contributed by atoms with Gasteiger partial charge in [0.1, 0.15) is 0 Å². The van der Waals surface area contributed by atoms with Crippen LogP contribution >= 0.6 is 0 Å². The van der Waals surface area contributed by atoms with Crippen LogP contribution in [0, 0.1) is 5.21 Å². The lowest BCUT2D eigenvalue weighted by Crippen LogP contribution is -2.25. The van der Waals surface area contributed by atoms with Crippen molar-refractivity contribution in [2.45, 2.75) is 5.51 Å². The smallest absolute Gasteiger partial charge is 0.484 e. The van der Waals surface area contributed by atoms with E-state index in [4.69, 9.17) is 5.21 Å². The summed E-state index contributed by atoms with van der Waals surface area (Å²) >= 11 is 0. The third-order valence-electron chi connectivity index (χ3n) is 0.286. The normalized spacial score (nSPS) is 16.0. The van der Waals surface area contributed by atoms with Crippen LogP contribution < -0.4 is 4.89 Å². The molecular formula is CHF3NO2S-. The first-order valence-corrected chi connectivity index (χ1v) is 2.50. The van der Waals surface area contributed by atoms with Crippen molar-refractivity contribution in [2.24, 2.45) is 0 Å². The van der Waals surface area contributed by atoms with E-state index in [1.807, 2.05) is 0 Å². The van der Waals surface area contributed by atoms with Gasteiger partial charge >= 0.3 is 5.51 Å². The van der Waals surface area contributed by atoms with Crippen molar-refractivity contribution in [2.75, 3.05) is 0 Å². The molecule has 0 fully saturated rings. The Kier molecular flexibility index (Phi) is 2.38. The van der Waals surface area contributed by atoms with Gasteiger partial charge in [0.2, 0.25) is 0 Å². The van der Waals surface area contributed by atoms with E-state index < -0.39 is 16.5 Å². The average Bonchev–Trinajstić information content (AvgIpc) is 1.62. The molecule has 8 heavy (non-hydrogen) atoms. The van der Waals surface area contributed by atoms with Crippen LogP contribution in [0.15, 0.2) is 0 Å². The molecule has 0 spiro atoms. The molecule has 0 aliphatic rings. The molecule has 1 N–H and O–H groups in total. The molecule has 0 rings (SSSR count). The lowest BCUT2D eigenvalue weighted by atomic mass is 11.6. The first-order valence-electron chi connectivity index (χ1n) is 1.35. The van der Waals surface area contributed by atoms with E-state index in [0.29, 0.717) is 4.89 Å². The highest BCUT2D eigenvalue weighted by molar-refractivity contribution is 7.83. The standard InChI is InChI=1S/CHF3NO2S/c2-1(3,4)8(7)5-6/h5H/q-1. The summed E-state index contributed by atoms with van der Waals surface area (Å²) in [7, 11) is -3.45. The van der Waals surface area contributed by atoms with E-state index in [2.05, 4.69) is 0 Å². The fraction of sp³-hybridized carbons (Fsp3) is 1.00. The fourth-order valence-corrected chi connectivity index (χ4v) is 0.142. The zero-order valence-corrected chi connectivity index (χ0v) is 4.18. The molecule has 1 unspecified atom stereocenters. The van der Waals surface area contributed by atoms with E-state index in [0.717, 1.165) is 0 Å². The van der Waals surface area contributed by atoms with E-state index in [1.165, 1.54) is 0 Å². The molecule has 0 aromatic heterocycles.